The lowest BCUT2D eigenvalue weighted by atomic mass is 9.84. The molecule has 1 aliphatic heterocycles. The van der Waals surface area contributed by atoms with Crippen molar-refractivity contribution < 1.29 is 4.79 Å². The number of hydrogen-bond donors (Lipinski definition) is 2. The largest absolute Gasteiger partial charge is 0.355 e. The lowest BCUT2D eigenvalue weighted by Gasteiger charge is -2.29. The van der Waals surface area contributed by atoms with E-state index in [0.717, 1.165) is 25.8 Å². The Bertz CT molecular complexity index is 279. The first kappa shape index (κ1) is 13.2. The second-order valence-corrected chi connectivity index (χ2v) is 6.91. The number of amides is 1. The molecular weight excluding hydrogens is 232 g/mol. The maximum absolute atomic E-state index is 12.2. The van der Waals surface area contributed by atoms with E-state index in [-0.39, 0.29) is 17.4 Å². The van der Waals surface area contributed by atoms with Crippen LogP contribution in [0.1, 0.15) is 39.0 Å². The van der Waals surface area contributed by atoms with E-state index in [1.807, 2.05) is 18.7 Å². The minimum atomic E-state index is -0.316. The van der Waals surface area contributed by atoms with E-state index in [9.17, 15) is 4.79 Å². The van der Waals surface area contributed by atoms with Crippen molar-refractivity contribution in [2.75, 3.05) is 18.1 Å². The molecule has 1 aliphatic carbocycles. The Labute approximate surface area is 108 Å². The van der Waals surface area contributed by atoms with Crippen LogP contribution in [0.2, 0.25) is 0 Å². The third-order valence-corrected chi connectivity index (χ3v) is 5.49. The second-order valence-electron chi connectivity index (χ2n) is 5.68. The molecule has 1 heterocycles. The zero-order chi connectivity index (χ0) is 12.3. The van der Waals surface area contributed by atoms with Gasteiger partial charge >= 0.3 is 0 Å². The van der Waals surface area contributed by atoms with Gasteiger partial charge in [0.1, 0.15) is 0 Å². The Kier molecular flexibility index (Phi) is 4.36. The number of nitrogens with two attached hydrogens (primary N) is 1. The Balaban J connectivity index is 1.80. The van der Waals surface area contributed by atoms with E-state index in [1.54, 1.807) is 0 Å². The van der Waals surface area contributed by atoms with Gasteiger partial charge < -0.3 is 11.1 Å². The molecule has 3 N–H and O–H groups in total. The topological polar surface area (TPSA) is 55.1 Å². The summed E-state index contributed by atoms with van der Waals surface area (Å²) in [4.78, 5) is 12.2. The average molecular weight is 256 g/mol. The molecule has 0 spiro atoms. The fraction of sp³-hybridized carbons (Fsp3) is 0.923. The molecule has 1 saturated carbocycles. The molecule has 0 bridgehead atoms. The lowest BCUT2D eigenvalue weighted by molar-refractivity contribution is -0.130. The summed E-state index contributed by atoms with van der Waals surface area (Å²) in [6, 6.07) is 0.0458. The van der Waals surface area contributed by atoms with Crippen LogP contribution in [0.15, 0.2) is 0 Å². The Morgan fingerprint density at radius 3 is 2.71 bits per heavy atom. The summed E-state index contributed by atoms with van der Waals surface area (Å²) in [6.07, 6.45) is 5.51. The van der Waals surface area contributed by atoms with E-state index in [0.29, 0.717) is 5.92 Å². The molecule has 98 valence electrons. The smallest absolute Gasteiger partial charge is 0.227 e. The van der Waals surface area contributed by atoms with Crippen molar-refractivity contribution in [3.8, 4) is 0 Å². The highest BCUT2D eigenvalue weighted by molar-refractivity contribution is 7.99. The van der Waals surface area contributed by atoms with Gasteiger partial charge in [-0.1, -0.05) is 6.42 Å². The summed E-state index contributed by atoms with van der Waals surface area (Å²) in [7, 11) is 0. The number of carbonyl (C=O) groups excluding carboxylic acids is 1. The van der Waals surface area contributed by atoms with Gasteiger partial charge in [-0.3, -0.25) is 4.79 Å². The summed E-state index contributed by atoms with van der Waals surface area (Å²) in [5.74, 6) is 3.36. The first-order valence-electron chi connectivity index (χ1n) is 6.74. The SMILES string of the molecule is CC1(C(=O)NCC2CCSCC2)CCCC1N. The van der Waals surface area contributed by atoms with Crippen LogP contribution in [0.5, 0.6) is 0 Å². The number of thioether (sulfide) groups is 1. The van der Waals surface area contributed by atoms with E-state index in [2.05, 4.69) is 5.32 Å². The van der Waals surface area contributed by atoms with Crippen LogP contribution < -0.4 is 11.1 Å². The summed E-state index contributed by atoms with van der Waals surface area (Å²) in [5.41, 5.74) is 5.74. The molecule has 0 aromatic heterocycles. The van der Waals surface area contributed by atoms with Gasteiger partial charge in [0.2, 0.25) is 5.91 Å². The quantitative estimate of drug-likeness (QED) is 0.809. The molecular formula is C13H24N2OS. The molecule has 1 amide bonds. The van der Waals surface area contributed by atoms with Gasteiger partial charge in [-0.15, -0.1) is 0 Å². The average Bonchev–Trinajstić information content (AvgIpc) is 2.69. The molecule has 2 fully saturated rings. The highest BCUT2D eigenvalue weighted by Crippen LogP contribution is 2.36. The maximum atomic E-state index is 12.2. The van der Waals surface area contributed by atoms with E-state index in [1.165, 1.54) is 24.3 Å². The fourth-order valence-corrected chi connectivity index (χ4v) is 4.07. The van der Waals surface area contributed by atoms with Crippen molar-refractivity contribution in [1.29, 1.82) is 0 Å². The predicted octanol–water partition coefficient (Wildman–Crippen LogP) is 1.76. The molecule has 2 aliphatic rings. The van der Waals surface area contributed by atoms with Crippen molar-refractivity contribution in [3.63, 3.8) is 0 Å². The summed E-state index contributed by atoms with van der Waals surface area (Å²) >= 11 is 2.03. The number of rotatable bonds is 3. The fourth-order valence-electron chi connectivity index (χ4n) is 2.86. The molecule has 0 radical (unpaired) electrons. The van der Waals surface area contributed by atoms with Crippen LogP contribution in [0.25, 0.3) is 0 Å². The van der Waals surface area contributed by atoms with Gasteiger partial charge in [0.25, 0.3) is 0 Å². The van der Waals surface area contributed by atoms with E-state index < -0.39 is 0 Å². The Morgan fingerprint density at radius 2 is 2.12 bits per heavy atom. The third kappa shape index (κ3) is 2.97. The third-order valence-electron chi connectivity index (χ3n) is 4.44. The number of nitrogens with one attached hydrogen (secondary N) is 1. The minimum absolute atomic E-state index is 0.0458. The van der Waals surface area contributed by atoms with Crippen LogP contribution >= 0.6 is 11.8 Å². The van der Waals surface area contributed by atoms with Gasteiger partial charge in [0, 0.05) is 12.6 Å². The van der Waals surface area contributed by atoms with Gasteiger partial charge in [-0.05, 0) is 50.0 Å². The zero-order valence-corrected chi connectivity index (χ0v) is 11.5. The van der Waals surface area contributed by atoms with Crippen LogP contribution in [-0.2, 0) is 4.79 Å². The lowest BCUT2D eigenvalue weighted by Crippen LogP contribution is -2.48. The molecule has 4 heteroatoms. The Hall–Kier alpha value is -0.220. The highest BCUT2D eigenvalue weighted by Gasteiger charge is 2.42. The first-order valence-corrected chi connectivity index (χ1v) is 7.90. The van der Waals surface area contributed by atoms with E-state index in [4.69, 9.17) is 5.73 Å². The monoisotopic (exact) mass is 256 g/mol. The van der Waals surface area contributed by atoms with Gasteiger partial charge in [-0.25, -0.2) is 0 Å². The first-order chi connectivity index (χ1) is 8.13. The summed E-state index contributed by atoms with van der Waals surface area (Å²) in [5, 5.41) is 3.14. The van der Waals surface area contributed by atoms with Crippen LogP contribution in [0.3, 0.4) is 0 Å². The molecule has 0 aromatic carbocycles. The van der Waals surface area contributed by atoms with Crippen LogP contribution in [0.4, 0.5) is 0 Å². The molecule has 17 heavy (non-hydrogen) atoms. The van der Waals surface area contributed by atoms with E-state index >= 15 is 0 Å². The summed E-state index contributed by atoms with van der Waals surface area (Å²) in [6.45, 7) is 2.87. The van der Waals surface area contributed by atoms with Crippen LogP contribution in [0, 0.1) is 11.3 Å². The second kappa shape index (κ2) is 5.61. The van der Waals surface area contributed by atoms with Crippen molar-refractivity contribution >= 4 is 17.7 Å². The van der Waals surface area contributed by atoms with Crippen molar-refractivity contribution in [2.24, 2.45) is 17.1 Å². The Morgan fingerprint density at radius 1 is 1.41 bits per heavy atom. The zero-order valence-electron chi connectivity index (χ0n) is 10.7. The molecule has 3 nitrogen and oxygen atoms in total. The summed E-state index contributed by atoms with van der Waals surface area (Å²) < 4.78 is 0. The standard InChI is InChI=1S/C13H24N2OS/c1-13(6-2-3-11(13)14)12(16)15-9-10-4-7-17-8-5-10/h10-11H,2-9,14H2,1H3,(H,15,16). The molecule has 2 unspecified atom stereocenters. The van der Waals surface area contributed by atoms with Crippen molar-refractivity contribution in [1.82, 2.24) is 5.32 Å². The van der Waals surface area contributed by atoms with Gasteiger partial charge in [0.15, 0.2) is 0 Å². The van der Waals surface area contributed by atoms with Gasteiger partial charge in [0.05, 0.1) is 5.41 Å². The van der Waals surface area contributed by atoms with Crippen LogP contribution in [-0.4, -0.2) is 30.0 Å². The highest BCUT2D eigenvalue weighted by atomic mass is 32.2. The normalized spacial score (nSPS) is 34.8. The number of carbonyl (C=O) groups is 1. The number of hydrogen-bond acceptors (Lipinski definition) is 3. The predicted molar refractivity (Wildman–Crippen MR) is 73.0 cm³/mol. The molecule has 1 saturated heterocycles. The van der Waals surface area contributed by atoms with Gasteiger partial charge in [-0.2, -0.15) is 11.8 Å². The van der Waals surface area contributed by atoms with Crippen molar-refractivity contribution in [2.45, 2.75) is 45.1 Å². The molecule has 2 rings (SSSR count). The maximum Gasteiger partial charge on any atom is 0.227 e. The molecule has 0 aromatic rings. The molecule has 2 atom stereocenters. The van der Waals surface area contributed by atoms with Crippen molar-refractivity contribution in [3.05, 3.63) is 0 Å². The minimum Gasteiger partial charge on any atom is -0.355 e.